The molecule has 0 spiro atoms. The molecule has 1 heterocycles. The summed E-state index contributed by atoms with van der Waals surface area (Å²) < 4.78 is 0. The van der Waals surface area contributed by atoms with Crippen LogP contribution in [0.1, 0.15) is 90.8 Å². The predicted octanol–water partition coefficient (Wildman–Crippen LogP) is 5.60. The molecule has 1 unspecified atom stereocenters. The van der Waals surface area contributed by atoms with Gasteiger partial charge in [0.25, 0.3) is 0 Å². The van der Waals surface area contributed by atoms with Crippen LogP contribution in [0.15, 0.2) is 6.20 Å². The van der Waals surface area contributed by atoms with E-state index >= 15 is 0 Å². The van der Waals surface area contributed by atoms with Crippen molar-refractivity contribution in [3.05, 3.63) is 17.5 Å². The Morgan fingerprint density at radius 1 is 1.12 bits per heavy atom. The van der Waals surface area contributed by atoms with Crippen LogP contribution in [0.5, 0.6) is 0 Å². The number of aromatic amines is 1. The van der Waals surface area contributed by atoms with Gasteiger partial charge in [-0.15, -0.1) is 0 Å². The molecule has 3 aliphatic carbocycles. The zero-order valence-corrected chi connectivity index (χ0v) is 21.4. The van der Waals surface area contributed by atoms with Crippen molar-refractivity contribution in [1.82, 2.24) is 10.2 Å². The minimum absolute atomic E-state index is 0.109. The van der Waals surface area contributed by atoms with Gasteiger partial charge >= 0.3 is 0 Å². The molecule has 182 valence electrons. The maximum absolute atomic E-state index is 10.4. The van der Waals surface area contributed by atoms with Crippen molar-refractivity contribution in [2.45, 2.75) is 92.4 Å². The summed E-state index contributed by atoms with van der Waals surface area (Å²) >= 11 is 0. The number of fused-ring (bicyclic) bond motifs is 2. The standard InChI is InChI=1S/C28H49N3O/c1-18(2)7-6-8-19(3)23-9-10-24-22(15-29)25(11-12-27(23,24)4)28(5)14-20-16-30-31-26(20)13-21(28)17-32/h16,18-19,21-25,32H,6-15,17,29H2,1-5H3,(H,30,31)/t19?,21-,22+,23-,24+,25+,27-,28+/m1/s1. The predicted molar refractivity (Wildman–Crippen MR) is 132 cm³/mol. The van der Waals surface area contributed by atoms with Crippen molar-refractivity contribution in [2.75, 3.05) is 13.2 Å². The normalized spacial score (nSPS) is 40.3. The largest absolute Gasteiger partial charge is 0.396 e. The molecule has 8 atom stereocenters. The minimum atomic E-state index is 0.109. The number of H-pyrrole nitrogens is 1. The smallest absolute Gasteiger partial charge is 0.0522 e. The highest BCUT2D eigenvalue weighted by Gasteiger charge is 2.58. The lowest BCUT2D eigenvalue weighted by Gasteiger charge is -2.57. The minimum Gasteiger partial charge on any atom is -0.396 e. The molecule has 1 aromatic heterocycles. The van der Waals surface area contributed by atoms with Crippen molar-refractivity contribution in [3.8, 4) is 0 Å². The number of nitrogens with zero attached hydrogens (tertiary/aromatic N) is 1. The molecule has 4 N–H and O–H groups in total. The van der Waals surface area contributed by atoms with Gasteiger partial charge in [-0.3, -0.25) is 5.10 Å². The van der Waals surface area contributed by atoms with E-state index in [2.05, 4.69) is 44.8 Å². The lowest BCUT2D eigenvalue weighted by atomic mass is 9.48. The maximum Gasteiger partial charge on any atom is 0.0522 e. The van der Waals surface area contributed by atoms with E-state index in [1.54, 1.807) is 0 Å². The number of hydrogen-bond acceptors (Lipinski definition) is 3. The summed E-state index contributed by atoms with van der Waals surface area (Å²) in [6.45, 7) is 13.4. The summed E-state index contributed by atoms with van der Waals surface area (Å²) in [4.78, 5) is 0. The van der Waals surface area contributed by atoms with Crippen LogP contribution in [0.3, 0.4) is 0 Å². The van der Waals surface area contributed by atoms with Gasteiger partial charge in [-0.2, -0.15) is 5.10 Å². The molecule has 0 radical (unpaired) electrons. The number of nitrogens with two attached hydrogens (primary N) is 1. The third kappa shape index (κ3) is 4.08. The van der Waals surface area contributed by atoms with Crippen LogP contribution in [0.2, 0.25) is 0 Å². The molecule has 3 aliphatic rings. The number of aliphatic hydroxyl groups excluding tert-OH is 1. The van der Waals surface area contributed by atoms with E-state index in [4.69, 9.17) is 5.73 Å². The van der Waals surface area contributed by atoms with Gasteiger partial charge in [0.05, 0.1) is 6.20 Å². The fourth-order valence-electron chi connectivity index (χ4n) is 8.87. The highest BCUT2D eigenvalue weighted by atomic mass is 16.3. The lowest BCUT2D eigenvalue weighted by molar-refractivity contribution is -0.0760. The quantitative estimate of drug-likeness (QED) is 0.489. The Balaban J connectivity index is 1.53. The van der Waals surface area contributed by atoms with E-state index in [0.717, 1.165) is 43.1 Å². The van der Waals surface area contributed by atoms with Crippen LogP contribution in [0, 0.1) is 52.3 Å². The average Bonchev–Trinajstić information content (AvgIpc) is 3.34. The molecule has 0 amide bonds. The fraction of sp³-hybridized carbons (Fsp3) is 0.893. The summed E-state index contributed by atoms with van der Waals surface area (Å²) in [5.74, 6) is 4.70. The Morgan fingerprint density at radius 3 is 2.56 bits per heavy atom. The fourth-order valence-corrected chi connectivity index (χ4v) is 8.87. The van der Waals surface area contributed by atoms with Gasteiger partial charge in [-0.25, -0.2) is 0 Å². The summed E-state index contributed by atoms with van der Waals surface area (Å²) in [6, 6.07) is 0. The van der Waals surface area contributed by atoms with Crippen LogP contribution >= 0.6 is 0 Å². The van der Waals surface area contributed by atoms with Crippen molar-refractivity contribution < 1.29 is 5.11 Å². The Bertz CT molecular complexity index is 760. The van der Waals surface area contributed by atoms with Crippen molar-refractivity contribution >= 4 is 0 Å². The summed E-state index contributed by atoms with van der Waals surface area (Å²) in [6.07, 6.45) is 13.4. The first kappa shape index (κ1) is 24.3. The molecule has 0 aromatic carbocycles. The van der Waals surface area contributed by atoms with Crippen LogP contribution < -0.4 is 5.73 Å². The number of rotatable bonds is 8. The first-order chi connectivity index (χ1) is 15.2. The second-order valence-corrected chi connectivity index (χ2v) is 12.8. The molecule has 0 bridgehead atoms. The van der Waals surface area contributed by atoms with Crippen LogP contribution in [-0.4, -0.2) is 28.5 Å². The molecule has 4 rings (SSSR count). The van der Waals surface area contributed by atoms with E-state index in [-0.39, 0.29) is 12.0 Å². The zero-order valence-electron chi connectivity index (χ0n) is 21.4. The maximum atomic E-state index is 10.4. The lowest BCUT2D eigenvalue weighted by Crippen LogP contribution is -2.54. The van der Waals surface area contributed by atoms with Gasteiger partial charge in [-0.05, 0) is 103 Å². The molecular weight excluding hydrogens is 394 g/mol. The van der Waals surface area contributed by atoms with Crippen LogP contribution in [0.4, 0.5) is 0 Å². The first-order valence-corrected chi connectivity index (χ1v) is 13.6. The van der Waals surface area contributed by atoms with E-state index in [1.807, 2.05) is 6.20 Å². The third-order valence-corrected chi connectivity index (χ3v) is 10.7. The molecule has 0 aliphatic heterocycles. The van der Waals surface area contributed by atoms with E-state index < -0.39 is 0 Å². The van der Waals surface area contributed by atoms with Gasteiger partial charge in [0.2, 0.25) is 0 Å². The number of aliphatic hydroxyl groups is 1. The molecule has 4 nitrogen and oxygen atoms in total. The molecule has 0 saturated heterocycles. The van der Waals surface area contributed by atoms with Crippen molar-refractivity contribution in [1.29, 1.82) is 0 Å². The Labute approximate surface area is 196 Å². The highest BCUT2D eigenvalue weighted by molar-refractivity contribution is 5.25. The van der Waals surface area contributed by atoms with Crippen LogP contribution in [0.25, 0.3) is 0 Å². The monoisotopic (exact) mass is 443 g/mol. The Morgan fingerprint density at radius 2 is 1.88 bits per heavy atom. The van der Waals surface area contributed by atoms with Crippen LogP contribution in [-0.2, 0) is 12.8 Å². The number of nitrogens with one attached hydrogen (secondary N) is 1. The summed E-state index contributed by atoms with van der Waals surface area (Å²) in [5.41, 5.74) is 9.75. The van der Waals surface area contributed by atoms with Gasteiger partial charge < -0.3 is 10.8 Å². The topological polar surface area (TPSA) is 74.9 Å². The van der Waals surface area contributed by atoms with E-state index in [1.165, 1.54) is 56.2 Å². The third-order valence-electron chi connectivity index (χ3n) is 10.7. The average molecular weight is 444 g/mol. The SMILES string of the molecule is CC(C)CCCC(C)[C@H]1CC[C@H]2[C@H](CN)[C@@H]([C@@]3(C)Cc4cn[nH]c4C[C@@H]3CO)CC[C@]12C. The Hall–Kier alpha value is -0.870. The number of aromatic nitrogens is 2. The van der Waals surface area contributed by atoms with Gasteiger partial charge in [-0.1, -0.05) is 53.9 Å². The van der Waals surface area contributed by atoms with Gasteiger partial charge in [0, 0.05) is 12.3 Å². The second-order valence-electron chi connectivity index (χ2n) is 12.8. The van der Waals surface area contributed by atoms with Crippen molar-refractivity contribution in [2.24, 2.45) is 58.0 Å². The highest BCUT2D eigenvalue weighted by Crippen LogP contribution is 2.64. The number of hydrogen-bond donors (Lipinski definition) is 3. The molecule has 2 fully saturated rings. The molecule has 2 saturated carbocycles. The second kappa shape index (κ2) is 9.41. The van der Waals surface area contributed by atoms with Gasteiger partial charge in [0.15, 0.2) is 0 Å². The van der Waals surface area contributed by atoms with E-state index in [0.29, 0.717) is 23.2 Å². The van der Waals surface area contributed by atoms with Gasteiger partial charge in [0.1, 0.15) is 0 Å². The summed E-state index contributed by atoms with van der Waals surface area (Å²) in [5, 5.41) is 17.9. The van der Waals surface area contributed by atoms with E-state index in [9.17, 15) is 5.11 Å². The summed E-state index contributed by atoms with van der Waals surface area (Å²) in [7, 11) is 0. The van der Waals surface area contributed by atoms with Crippen molar-refractivity contribution in [3.63, 3.8) is 0 Å². The molecule has 32 heavy (non-hydrogen) atoms. The molecular formula is C28H49N3O. The first-order valence-electron chi connectivity index (χ1n) is 13.6. The molecule has 1 aromatic rings. The molecule has 4 heteroatoms. The zero-order chi connectivity index (χ0) is 23.1. The Kier molecular flexibility index (Phi) is 7.13.